The maximum absolute atomic E-state index is 13.9. The zero-order valence-corrected chi connectivity index (χ0v) is 15.7. The van der Waals surface area contributed by atoms with Crippen LogP contribution < -0.4 is 9.47 Å². The predicted octanol–water partition coefficient (Wildman–Crippen LogP) is 2.45. The van der Waals surface area contributed by atoms with Crippen molar-refractivity contribution in [1.29, 1.82) is 0 Å². The van der Waals surface area contributed by atoms with Gasteiger partial charge in [-0.2, -0.15) is 0 Å². The molecule has 3 aliphatic heterocycles. The molecule has 0 bridgehead atoms. The number of benzene rings is 2. The van der Waals surface area contributed by atoms with E-state index in [1.807, 2.05) is 0 Å². The summed E-state index contributed by atoms with van der Waals surface area (Å²) in [5, 5.41) is 0. The molecule has 0 unspecified atom stereocenters. The minimum Gasteiger partial charge on any atom is -0.454 e. The summed E-state index contributed by atoms with van der Waals surface area (Å²) in [7, 11) is 0. The van der Waals surface area contributed by atoms with E-state index in [0.717, 1.165) is 11.6 Å². The van der Waals surface area contributed by atoms with E-state index in [0.29, 0.717) is 17.6 Å². The number of carbonyl (C=O) groups is 2. The van der Waals surface area contributed by atoms with Gasteiger partial charge in [0.1, 0.15) is 5.82 Å². The molecule has 0 saturated carbocycles. The van der Waals surface area contributed by atoms with Crippen LogP contribution in [-0.4, -0.2) is 41.5 Å². The Kier molecular flexibility index (Phi) is 4.43. The van der Waals surface area contributed by atoms with Crippen LogP contribution in [-0.2, 0) is 22.7 Å². The van der Waals surface area contributed by atoms with Crippen molar-refractivity contribution < 1.29 is 32.2 Å². The molecule has 2 fully saturated rings. The third-order valence-corrected chi connectivity index (χ3v) is 5.82. The van der Waals surface area contributed by atoms with Gasteiger partial charge in [0, 0.05) is 31.3 Å². The highest BCUT2D eigenvalue weighted by Gasteiger charge is 2.52. The van der Waals surface area contributed by atoms with Crippen molar-refractivity contribution in [2.75, 3.05) is 19.9 Å². The summed E-state index contributed by atoms with van der Waals surface area (Å²) in [4.78, 5) is 28.6. The fraction of sp³-hybridized carbons (Fsp3) is 0.333. The van der Waals surface area contributed by atoms with Gasteiger partial charge in [0.25, 0.3) is 0 Å². The summed E-state index contributed by atoms with van der Waals surface area (Å²) in [6.45, 7) is 0.785. The smallest absolute Gasteiger partial charge is 0.234 e. The first kappa shape index (κ1) is 18.9. The first-order valence-electron chi connectivity index (χ1n) is 9.50. The highest BCUT2D eigenvalue weighted by atomic mass is 19.2. The van der Waals surface area contributed by atoms with Gasteiger partial charge in [-0.15, -0.1) is 0 Å². The molecule has 5 rings (SSSR count). The van der Waals surface area contributed by atoms with Crippen molar-refractivity contribution in [3.8, 4) is 11.5 Å². The Labute approximate surface area is 169 Å². The molecule has 3 aliphatic rings. The van der Waals surface area contributed by atoms with Gasteiger partial charge in [0.15, 0.2) is 23.1 Å². The Morgan fingerprint density at radius 2 is 1.50 bits per heavy atom. The van der Waals surface area contributed by atoms with Crippen molar-refractivity contribution in [3.05, 3.63) is 58.9 Å². The van der Waals surface area contributed by atoms with Crippen LogP contribution >= 0.6 is 0 Å². The van der Waals surface area contributed by atoms with Crippen molar-refractivity contribution >= 4 is 11.8 Å². The Morgan fingerprint density at radius 3 is 2.23 bits per heavy atom. The third-order valence-electron chi connectivity index (χ3n) is 5.82. The number of nitrogens with zero attached hydrogens (tertiary/aromatic N) is 2. The van der Waals surface area contributed by atoms with Crippen LogP contribution in [0.1, 0.15) is 11.1 Å². The molecule has 0 aliphatic carbocycles. The quantitative estimate of drug-likeness (QED) is 0.564. The van der Waals surface area contributed by atoms with E-state index in [9.17, 15) is 22.8 Å². The highest BCUT2D eigenvalue weighted by Crippen LogP contribution is 2.37. The number of hydrogen-bond donors (Lipinski definition) is 0. The number of amides is 2. The number of ether oxygens (including phenoxy) is 2. The van der Waals surface area contributed by atoms with Gasteiger partial charge >= 0.3 is 0 Å². The molecule has 0 N–H and O–H groups in total. The summed E-state index contributed by atoms with van der Waals surface area (Å²) in [6, 6.07) is 6.58. The van der Waals surface area contributed by atoms with Crippen LogP contribution in [0.25, 0.3) is 0 Å². The lowest BCUT2D eigenvalue weighted by Gasteiger charge is -2.21. The van der Waals surface area contributed by atoms with Crippen molar-refractivity contribution in [1.82, 2.24) is 9.80 Å². The van der Waals surface area contributed by atoms with Crippen LogP contribution in [0.3, 0.4) is 0 Å². The first-order chi connectivity index (χ1) is 14.4. The average molecular weight is 418 g/mol. The van der Waals surface area contributed by atoms with Gasteiger partial charge in [-0.3, -0.25) is 19.4 Å². The zero-order valence-electron chi connectivity index (χ0n) is 15.7. The fourth-order valence-electron chi connectivity index (χ4n) is 4.33. The first-order valence-corrected chi connectivity index (χ1v) is 9.50. The SMILES string of the molecule is O=C1[C@H]2CN(Cc3cc(F)c(F)cc3F)C[C@H]2C(=O)N1Cc1ccc2c(c1)OCO2. The molecular weight excluding hydrogens is 401 g/mol. The molecule has 2 atom stereocenters. The number of hydrogen-bond acceptors (Lipinski definition) is 5. The van der Waals surface area contributed by atoms with Gasteiger partial charge in [0.2, 0.25) is 18.6 Å². The highest BCUT2D eigenvalue weighted by molar-refractivity contribution is 6.05. The van der Waals surface area contributed by atoms with E-state index < -0.39 is 29.3 Å². The van der Waals surface area contributed by atoms with Crippen LogP contribution in [0.5, 0.6) is 11.5 Å². The summed E-state index contributed by atoms with van der Waals surface area (Å²) < 4.78 is 51.1. The molecule has 2 amide bonds. The molecule has 9 heteroatoms. The second-order valence-corrected chi connectivity index (χ2v) is 7.72. The van der Waals surface area contributed by atoms with Crippen LogP contribution in [0.4, 0.5) is 13.2 Å². The van der Waals surface area contributed by atoms with Gasteiger partial charge in [-0.25, -0.2) is 13.2 Å². The number of carbonyl (C=O) groups excluding carboxylic acids is 2. The Bertz CT molecular complexity index is 1040. The fourth-order valence-corrected chi connectivity index (χ4v) is 4.33. The van der Waals surface area contributed by atoms with E-state index in [4.69, 9.17) is 9.47 Å². The van der Waals surface area contributed by atoms with E-state index in [-0.39, 0.29) is 50.3 Å². The Morgan fingerprint density at radius 1 is 0.833 bits per heavy atom. The second-order valence-electron chi connectivity index (χ2n) is 7.72. The maximum atomic E-state index is 13.9. The lowest BCUT2D eigenvalue weighted by Crippen LogP contribution is -2.35. The molecule has 3 heterocycles. The van der Waals surface area contributed by atoms with E-state index >= 15 is 0 Å². The summed E-state index contributed by atoms with van der Waals surface area (Å²) in [5.74, 6) is -3.66. The molecule has 6 nitrogen and oxygen atoms in total. The number of imide groups is 1. The lowest BCUT2D eigenvalue weighted by molar-refractivity contribution is -0.141. The number of likely N-dealkylation sites (tertiary alicyclic amines) is 2. The minimum absolute atomic E-state index is 0.00124. The standard InChI is InChI=1S/C21H17F3N2O4/c22-15-5-17(24)16(23)4-12(15)7-25-8-13-14(9-25)21(28)26(20(13)27)6-11-1-2-18-19(3-11)30-10-29-18/h1-5,13-14H,6-10H2/t13-,14+. The van der Waals surface area contributed by atoms with Crippen LogP contribution in [0, 0.1) is 29.3 Å². The van der Waals surface area contributed by atoms with E-state index in [1.165, 1.54) is 4.90 Å². The Hall–Kier alpha value is -3.07. The van der Waals surface area contributed by atoms with E-state index in [1.54, 1.807) is 23.1 Å². The number of halogens is 3. The largest absolute Gasteiger partial charge is 0.454 e. The molecule has 0 radical (unpaired) electrons. The van der Waals surface area contributed by atoms with Crippen molar-refractivity contribution in [2.45, 2.75) is 13.1 Å². The molecule has 2 aromatic carbocycles. The monoisotopic (exact) mass is 418 g/mol. The van der Waals surface area contributed by atoms with Gasteiger partial charge in [-0.1, -0.05) is 6.07 Å². The van der Waals surface area contributed by atoms with Crippen LogP contribution in [0.2, 0.25) is 0 Å². The molecule has 0 aromatic heterocycles. The molecule has 2 aromatic rings. The topological polar surface area (TPSA) is 59.1 Å². The molecule has 0 spiro atoms. The normalized spacial score (nSPS) is 22.8. The van der Waals surface area contributed by atoms with E-state index in [2.05, 4.69) is 0 Å². The summed E-state index contributed by atoms with van der Waals surface area (Å²) in [6.07, 6.45) is 0. The minimum atomic E-state index is -1.25. The summed E-state index contributed by atoms with van der Waals surface area (Å²) in [5.41, 5.74) is 0.743. The predicted molar refractivity (Wildman–Crippen MR) is 96.7 cm³/mol. The lowest BCUT2D eigenvalue weighted by atomic mass is 10.00. The zero-order chi connectivity index (χ0) is 21.0. The molecule has 2 saturated heterocycles. The van der Waals surface area contributed by atoms with Crippen molar-refractivity contribution in [3.63, 3.8) is 0 Å². The maximum Gasteiger partial charge on any atom is 0.234 e. The summed E-state index contributed by atoms with van der Waals surface area (Å²) >= 11 is 0. The molecule has 156 valence electrons. The van der Waals surface area contributed by atoms with Crippen molar-refractivity contribution in [2.24, 2.45) is 11.8 Å². The van der Waals surface area contributed by atoms with Gasteiger partial charge in [0.05, 0.1) is 18.4 Å². The molecule has 30 heavy (non-hydrogen) atoms. The van der Waals surface area contributed by atoms with Gasteiger partial charge in [-0.05, 0) is 23.8 Å². The second kappa shape index (κ2) is 7.02. The average Bonchev–Trinajstić information content (AvgIpc) is 3.40. The third kappa shape index (κ3) is 3.09. The van der Waals surface area contributed by atoms with Gasteiger partial charge < -0.3 is 9.47 Å². The molecular formula is C21H17F3N2O4. The number of fused-ring (bicyclic) bond motifs is 2. The van der Waals surface area contributed by atoms with Crippen LogP contribution in [0.15, 0.2) is 30.3 Å². The number of rotatable bonds is 4. The Balaban J connectivity index is 1.28.